The quantitative estimate of drug-likeness (QED) is 0.589. The van der Waals surface area contributed by atoms with Crippen LogP contribution < -0.4 is 5.73 Å². The van der Waals surface area contributed by atoms with Crippen molar-refractivity contribution < 1.29 is 4.79 Å². The maximum Gasteiger partial charge on any atom is 0.247 e. The first-order valence-electron chi connectivity index (χ1n) is 3.46. The second-order valence-corrected chi connectivity index (χ2v) is 2.56. The molecule has 0 saturated carbocycles. The molecule has 2 N–H and O–H groups in total. The zero-order valence-electron chi connectivity index (χ0n) is 6.69. The van der Waals surface area contributed by atoms with Crippen molar-refractivity contribution in [3.63, 3.8) is 0 Å². The summed E-state index contributed by atoms with van der Waals surface area (Å²) < 4.78 is 0. The summed E-state index contributed by atoms with van der Waals surface area (Å²) in [6.07, 6.45) is 4.93. The number of hydrogen-bond donors (Lipinski definition) is 1. The van der Waals surface area contributed by atoms with Crippen LogP contribution in [0.1, 0.15) is 0 Å². The number of amides is 1. The van der Waals surface area contributed by atoms with Crippen molar-refractivity contribution in [3.05, 3.63) is 24.0 Å². The standard InChI is InChI=1S/C8H9N3O/c1-11-3-2-6(4-9)7(5-11)8(10)12/h2-3,5-6H,1H3,(H2,10,12). The molecule has 0 aromatic carbocycles. The first-order valence-corrected chi connectivity index (χ1v) is 3.46. The molecule has 0 fully saturated rings. The summed E-state index contributed by atoms with van der Waals surface area (Å²) in [5, 5.41) is 8.63. The topological polar surface area (TPSA) is 70.1 Å². The average Bonchev–Trinajstić information content (AvgIpc) is 2.04. The van der Waals surface area contributed by atoms with E-state index in [1.165, 1.54) is 0 Å². The van der Waals surface area contributed by atoms with Crippen LogP contribution >= 0.6 is 0 Å². The molecule has 1 atom stereocenters. The van der Waals surface area contributed by atoms with Crippen LogP contribution in [0, 0.1) is 17.2 Å². The summed E-state index contributed by atoms with van der Waals surface area (Å²) >= 11 is 0. The van der Waals surface area contributed by atoms with E-state index in [4.69, 9.17) is 11.0 Å². The fourth-order valence-corrected chi connectivity index (χ4v) is 0.998. The van der Waals surface area contributed by atoms with Crippen LogP contribution in [0.15, 0.2) is 24.0 Å². The van der Waals surface area contributed by atoms with Gasteiger partial charge in [-0.25, -0.2) is 0 Å². The molecule has 0 spiro atoms. The molecule has 1 heterocycles. The maximum atomic E-state index is 10.8. The van der Waals surface area contributed by atoms with Gasteiger partial charge in [0.15, 0.2) is 0 Å². The van der Waals surface area contributed by atoms with Gasteiger partial charge in [-0.3, -0.25) is 4.79 Å². The van der Waals surface area contributed by atoms with Crippen LogP contribution in [0.4, 0.5) is 0 Å². The normalized spacial score (nSPS) is 21.5. The van der Waals surface area contributed by atoms with Crippen molar-refractivity contribution in [1.29, 1.82) is 5.26 Å². The fraction of sp³-hybridized carbons (Fsp3) is 0.250. The smallest absolute Gasteiger partial charge is 0.247 e. The first kappa shape index (κ1) is 8.34. The third kappa shape index (κ3) is 1.45. The number of nitrogens with two attached hydrogens (primary N) is 1. The molecule has 1 rings (SSSR count). The lowest BCUT2D eigenvalue weighted by Gasteiger charge is -2.17. The van der Waals surface area contributed by atoms with Crippen molar-refractivity contribution in [3.8, 4) is 6.07 Å². The van der Waals surface area contributed by atoms with E-state index in [-0.39, 0.29) is 0 Å². The third-order valence-corrected chi connectivity index (χ3v) is 1.62. The van der Waals surface area contributed by atoms with E-state index in [0.29, 0.717) is 5.57 Å². The van der Waals surface area contributed by atoms with E-state index in [2.05, 4.69) is 0 Å². The highest BCUT2D eigenvalue weighted by Gasteiger charge is 2.19. The second kappa shape index (κ2) is 3.09. The molecule has 1 unspecified atom stereocenters. The summed E-state index contributed by atoms with van der Waals surface area (Å²) in [5.74, 6) is -1.04. The number of carbonyl (C=O) groups is 1. The lowest BCUT2D eigenvalue weighted by atomic mass is 9.99. The molecular formula is C8H9N3O. The van der Waals surface area contributed by atoms with Gasteiger partial charge in [-0.1, -0.05) is 0 Å². The second-order valence-electron chi connectivity index (χ2n) is 2.56. The van der Waals surface area contributed by atoms with Gasteiger partial charge in [0, 0.05) is 19.4 Å². The molecule has 4 nitrogen and oxygen atoms in total. The lowest BCUT2D eigenvalue weighted by molar-refractivity contribution is -0.114. The Balaban J connectivity index is 2.95. The zero-order chi connectivity index (χ0) is 9.14. The van der Waals surface area contributed by atoms with Gasteiger partial charge in [-0.2, -0.15) is 5.26 Å². The zero-order valence-corrected chi connectivity index (χ0v) is 6.69. The third-order valence-electron chi connectivity index (χ3n) is 1.62. The van der Waals surface area contributed by atoms with Crippen LogP contribution in [0.5, 0.6) is 0 Å². The van der Waals surface area contributed by atoms with Gasteiger partial charge >= 0.3 is 0 Å². The lowest BCUT2D eigenvalue weighted by Crippen LogP contribution is -2.24. The fourth-order valence-electron chi connectivity index (χ4n) is 0.998. The summed E-state index contributed by atoms with van der Waals surface area (Å²) in [6, 6.07) is 1.97. The molecule has 0 aromatic heterocycles. The van der Waals surface area contributed by atoms with E-state index < -0.39 is 11.8 Å². The predicted octanol–water partition coefficient (Wildman–Crippen LogP) is -0.0455. The molecule has 4 heteroatoms. The number of primary amides is 1. The van der Waals surface area contributed by atoms with E-state index in [1.807, 2.05) is 6.07 Å². The number of allylic oxidation sites excluding steroid dienone is 1. The summed E-state index contributed by atoms with van der Waals surface area (Å²) in [7, 11) is 1.77. The monoisotopic (exact) mass is 163 g/mol. The molecule has 1 aliphatic heterocycles. The minimum Gasteiger partial charge on any atom is -0.366 e. The van der Waals surface area contributed by atoms with Gasteiger partial charge in [0.1, 0.15) is 0 Å². The van der Waals surface area contributed by atoms with Crippen LogP contribution in [-0.4, -0.2) is 17.9 Å². The molecule has 0 aliphatic carbocycles. The number of nitrogens with zero attached hydrogens (tertiary/aromatic N) is 2. The predicted molar refractivity (Wildman–Crippen MR) is 43.3 cm³/mol. The van der Waals surface area contributed by atoms with E-state index in [9.17, 15) is 4.79 Å². The maximum absolute atomic E-state index is 10.8. The summed E-state index contributed by atoms with van der Waals surface area (Å²) in [6.45, 7) is 0. The molecule has 1 amide bonds. The highest BCUT2D eigenvalue weighted by Crippen LogP contribution is 2.16. The largest absolute Gasteiger partial charge is 0.366 e. The van der Waals surface area contributed by atoms with Crippen LogP contribution in [0.25, 0.3) is 0 Å². The molecule has 0 aromatic rings. The highest BCUT2D eigenvalue weighted by atomic mass is 16.1. The van der Waals surface area contributed by atoms with Crippen molar-refractivity contribution in [2.75, 3.05) is 7.05 Å². The van der Waals surface area contributed by atoms with Gasteiger partial charge in [-0.05, 0) is 6.08 Å². The molecule has 1 aliphatic rings. The number of carbonyl (C=O) groups excluding carboxylic acids is 1. The Kier molecular flexibility index (Phi) is 2.15. The minimum absolute atomic E-state index is 0.336. The van der Waals surface area contributed by atoms with Crippen LogP contribution in [0.3, 0.4) is 0 Å². The Labute approximate surface area is 70.6 Å². The SMILES string of the molecule is CN1C=CC(C#N)C(C(N)=O)=C1. The van der Waals surface area contributed by atoms with Gasteiger partial charge in [0.2, 0.25) is 5.91 Å². The van der Waals surface area contributed by atoms with Crippen LogP contribution in [-0.2, 0) is 4.79 Å². The number of rotatable bonds is 1. The van der Waals surface area contributed by atoms with Crippen molar-refractivity contribution >= 4 is 5.91 Å². The Morgan fingerprint density at radius 3 is 3.00 bits per heavy atom. The Morgan fingerprint density at radius 2 is 2.50 bits per heavy atom. The van der Waals surface area contributed by atoms with Gasteiger partial charge in [0.05, 0.1) is 17.6 Å². The highest BCUT2D eigenvalue weighted by molar-refractivity contribution is 5.93. The van der Waals surface area contributed by atoms with E-state index in [1.54, 1.807) is 30.4 Å². The van der Waals surface area contributed by atoms with Gasteiger partial charge < -0.3 is 10.6 Å². The molecule has 0 bridgehead atoms. The molecule has 0 radical (unpaired) electrons. The minimum atomic E-state index is -0.544. The summed E-state index contributed by atoms with van der Waals surface area (Å²) in [4.78, 5) is 12.5. The number of nitriles is 1. The molecule has 0 saturated heterocycles. The Hall–Kier alpha value is -1.76. The van der Waals surface area contributed by atoms with Crippen molar-refractivity contribution in [2.24, 2.45) is 11.7 Å². The van der Waals surface area contributed by atoms with Crippen molar-refractivity contribution in [2.45, 2.75) is 0 Å². The van der Waals surface area contributed by atoms with E-state index >= 15 is 0 Å². The van der Waals surface area contributed by atoms with Crippen molar-refractivity contribution in [1.82, 2.24) is 4.90 Å². The van der Waals surface area contributed by atoms with Gasteiger partial charge in [0.25, 0.3) is 0 Å². The molecule has 12 heavy (non-hydrogen) atoms. The summed E-state index contributed by atoms with van der Waals surface area (Å²) in [5.41, 5.74) is 5.41. The van der Waals surface area contributed by atoms with Crippen LogP contribution in [0.2, 0.25) is 0 Å². The Bertz CT molecular complexity index is 298. The molecule has 62 valence electrons. The Morgan fingerprint density at radius 1 is 1.83 bits per heavy atom. The first-order chi connectivity index (χ1) is 5.65. The number of hydrogen-bond acceptors (Lipinski definition) is 3. The van der Waals surface area contributed by atoms with Gasteiger partial charge in [-0.15, -0.1) is 0 Å². The average molecular weight is 163 g/mol. The molecular weight excluding hydrogens is 154 g/mol. The van der Waals surface area contributed by atoms with E-state index in [0.717, 1.165) is 0 Å².